The number of hydrogen-bond donors (Lipinski definition) is 0. The van der Waals surface area contributed by atoms with Gasteiger partial charge in [0.2, 0.25) is 0 Å². The number of benzene rings is 1. The Bertz CT molecular complexity index is 684. The van der Waals surface area contributed by atoms with E-state index in [4.69, 9.17) is 0 Å². The minimum atomic E-state index is 0.552. The Kier molecular flexibility index (Phi) is 22.0. The van der Waals surface area contributed by atoms with E-state index in [0.29, 0.717) is 6.17 Å². The summed E-state index contributed by atoms with van der Waals surface area (Å²) in [5.41, 5.74) is 1.43. The van der Waals surface area contributed by atoms with Crippen molar-refractivity contribution in [2.45, 2.75) is 187 Å². The molecule has 0 amide bonds. The topological polar surface area (TPSA) is 6.48 Å². The highest BCUT2D eigenvalue weighted by Gasteiger charge is 2.25. The molecule has 1 aromatic carbocycles. The molecule has 1 aromatic rings. The standard InChI is InChI=1S/C38H68N2/c1-3-5-7-9-11-13-15-16-17-18-19-21-23-28-32-38-39(33-29-24-22-20-14-12-10-8-6-4-2)34-35-40(38)36-37-30-26-25-27-31-37/h25-27,30-31,34-35,38H,3-24,28-29,32-33,36H2,1-2H3. The molecule has 0 saturated heterocycles. The largest absolute Gasteiger partial charge is 0.356 e. The van der Waals surface area contributed by atoms with Crippen LogP contribution in [0.3, 0.4) is 0 Å². The number of rotatable bonds is 28. The third kappa shape index (κ3) is 17.4. The third-order valence-corrected chi connectivity index (χ3v) is 9.01. The molecule has 0 N–H and O–H groups in total. The van der Waals surface area contributed by atoms with E-state index in [1.54, 1.807) is 0 Å². The average molecular weight is 553 g/mol. The Morgan fingerprint density at radius 1 is 0.450 bits per heavy atom. The van der Waals surface area contributed by atoms with Crippen molar-refractivity contribution in [1.82, 2.24) is 9.80 Å². The molecular weight excluding hydrogens is 484 g/mol. The zero-order chi connectivity index (χ0) is 28.4. The Labute approximate surface area is 251 Å². The first-order valence-electron chi connectivity index (χ1n) is 18.1. The molecule has 40 heavy (non-hydrogen) atoms. The van der Waals surface area contributed by atoms with Gasteiger partial charge >= 0.3 is 0 Å². The summed E-state index contributed by atoms with van der Waals surface area (Å²) >= 11 is 0. The van der Waals surface area contributed by atoms with Crippen LogP contribution in [0, 0.1) is 0 Å². The van der Waals surface area contributed by atoms with E-state index >= 15 is 0 Å². The van der Waals surface area contributed by atoms with Crippen molar-refractivity contribution in [2.75, 3.05) is 6.54 Å². The predicted octanol–water partition coefficient (Wildman–Crippen LogP) is 12.4. The summed E-state index contributed by atoms with van der Waals surface area (Å²) in [7, 11) is 0. The van der Waals surface area contributed by atoms with Crippen molar-refractivity contribution in [3.63, 3.8) is 0 Å². The van der Waals surface area contributed by atoms with Crippen LogP contribution in [0.15, 0.2) is 42.7 Å². The SMILES string of the molecule is CCCCCCCCCCCCCCCCC1N(CCCCCCCCCCCC)C=CN1Cc1ccccc1. The fourth-order valence-electron chi connectivity index (χ4n) is 6.37. The second-order valence-corrected chi connectivity index (χ2v) is 12.7. The summed E-state index contributed by atoms with van der Waals surface area (Å²) in [5, 5.41) is 0. The van der Waals surface area contributed by atoms with E-state index in [-0.39, 0.29) is 0 Å². The second kappa shape index (κ2) is 25.3. The van der Waals surface area contributed by atoms with Crippen molar-refractivity contribution in [3.8, 4) is 0 Å². The molecule has 230 valence electrons. The highest BCUT2D eigenvalue weighted by Crippen LogP contribution is 2.25. The second-order valence-electron chi connectivity index (χ2n) is 12.7. The zero-order valence-corrected chi connectivity index (χ0v) is 27.1. The molecule has 0 radical (unpaired) electrons. The van der Waals surface area contributed by atoms with E-state index in [1.807, 2.05) is 0 Å². The lowest BCUT2D eigenvalue weighted by Crippen LogP contribution is -2.38. The van der Waals surface area contributed by atoms with Gasteiger partial charge in [-0.1, -0.05) is 185 Å². The molecule has 1 heterocycles. The van der Waals surface area contributed by atoms with Gasteiger partial charge in [-0.05, 0) is 24.8 Å². The van der Waals surface area contributed by atoms with E-state index in [9.17, 15) is 0 Å². The van der Waals surface area contributed by atoms with Crippen molar-refractivity contribution in [1.29, 1.82) is 0 Å². The lowest BCUT2D eigenvalue weighted by Gasteiger charge is -2.33. The van der Waals surface area contributed by atoms with Gasteiger partial charge in [0.1, 0.15) is 6.17 Å². The zero-order valence-electron chi connectivity index (χ0n) is 27.1. The van der Waals surface area contributed by atoms with Gasteiger partial charge in [-0.15, -0.1) is 0 Å². The van der Waals surface area contributed by atoms with Crippen LogP contribution in [0.5, 0.6) is 0 Å². The molecule has 1 aliphatic rings. The fourth-order valence-corrected chi connectivity index (χ4v) is 6.37. The summed E-state index contributed by atoms with van der Waals surface area (Å²) in [5.74, 6) is 0. The lowest BCUT2D eigenvalue weighted by molar-refractivity contribution is 0.132. The van der Waals surface area contributed by atoms with E-state index < -0.39 is 0 Å². The van der Waals surface area contributed by atoms with Gasteiger partial charge in [-0.2, -0.15) is 0 Å². The predicted molar refractivity (Wildman–Crippen MR) is 178 cm³/mol. The molecule has 0 fully saturated rings. The smallest absolute Gasteiger partial charge is 0.101 e. The van der Waals surface area contributed by atoms with Gasteiger partial charge in [0.05, 0.1) is 0 Å². The van der Waals surface area contributed by atoms with Gasteiger partial charge in [0, 0.05) is 25.5 Å². The fraction of sp³-hybridized carbons (Fsp3) is 0.789. The molecule has 0 bridgehead atoms. The quantitative estimate of drug-likeness (QED) is 0.0954. The molecule has 2 rings (SSSR count). The maximum absolute atomic E-state index is 2.66. The maximum atomic E-state index is 2.66. The first-order valence-corrected chi connectivity index (χ1v) is 18.1. The Morgan fingerprint density at radius 2 is 0.850 bits per heavy atom. The van der Waals surface area contributed by atoms with Crippen LogP contribution < -0.4 is 0 Å². The highest BCUT2D eigenvalue weighted by atomic mass is 15.4. The molecule has 0 aliphatic carbocycles. The van der Waals surface area contributed by atoms with E-state index in [0.717, 1.165) is 6.54 Å². The van der Waals surface area contributed by atoms with Gasteiger partial charge in [-0.3, -0.25) is 0 Å². The first kappa shape index (κ1) is 34.8. The lowest BCUT2D eigenvalue weighted by atomic mass is 10.0. The van der Waals surface area contributed by atoms with Crippen LogP contribution in [0.1, 0.15) is 180 Å². The molecule has 2 heteroatoms. The van der Waals surface area contributed by atoms with Crippen LogP contribution in [-0.2, 0) is 6.54 Å². The molecule has 1 atom stereocenters. The Balaban J connectivity index is 1.57. The summed E-state index contributed by atoms with van der Waals surface area (Å²) in [6, 6.07) is 11.1. The van der Waals surface area contributed by atoms with E-state index in [1.165, 1.54) is 173 Å². The van der Waals surface area contributed by atoms with Crippen LogP contribution in [-0.4, -0.2) is 22.5 Å². The third-order valence-electron chi connectivity index (χ3n) is 9.01. The minimum Gasteiger partial charge on any atom is -0.356 e. The molecule has 0 aromatic heterocycles. The molecule has 1 aliphatic heterocycles. The molecule has 0 saturated carbocycles. The van der Waals surface area contributed by atoms with Crippen molar-refractivity contribution >= 4 is 0 Å². The van der Waals surface area contributed by atoms with Crippen LogP contribution in [0.2, 0.25) is 0 Å². The molecule has 0 spiro atoms. The number of unbranched alkanes of at least 4 members (excludes halogenated alkanes) is 22. The van der Waals surface area contributed by atoms with Crippen molar-refractivity contribution < 1.29 is 0 Å². The van der Waals surface area contributed by atoms with Crippen LogP contribution in [0.25, 0.3) is 0 Å². The Hall–Kier alpha value is -1.44. The first-order chi connectivity index (χ1) is 19.8. The summed E-state index contributed by atoms with van der Waals surface area (Å²) in [6.45, 7) is 6.87. The van der Waals surface area contributed by atoms with E-state index in [2.05, 4.69) is 66.4 Å². The minimum absolute atomic E-state index is 0.552. The van der Waals surface area contributed by atoms with Gasteiger partial charge in [0.15, 0.2) is 0 Å². The maximum Gasteiger partial charge on any atom is 0.101 e. The number of hydrogen-bond acceptors (Lipinski definition) is 2. The average Bonchev–Trinajstić information content (AvgIpc) is 3.35. The Morgan fingerprint density at radius 3 is 1.32 bits per heavy atom. The normalized spacial score (nSPS) is 15.0. The van der Waals surface area contributed by atoms with Gasteiger partial charge in [-0.25, -0.2) is 0 Å². The van der Waals surface area contributed by atoms with Crippen LogP contribution >= 0.6 is 0 Å². The summed E-state index contributed by atoms with van der Waals surface area (Å²) in [6.07, 6.45) is 40.9. The van der Waals surface area contributed by atoms with Gasteiger partial charge < -0.3 is 9.80 Å². The molecular formula is C38H68N2. The summed E-state index contributed by atoms with van der Waals surface area (Å²) in [4.78, 5) is 5.27. The van der Waals surface area contributed by atoms with Gasteiger partial charge in [0.25, 0.3) is 0 Å². The van der Waals surface area contributed by atoms with Crippen molar-refractivity contribution in [2.24, 2.45) is 0 Å². The van der Waals surface area contributed by atoms with Crippen LogP contribution in [0.4, 0.5) is 0 Å². The molecule has 1 unspecified atom stereocenters. The monoisotopic (exact) mass is 553 g/mol. The van der Waals surface area contributed by atoms with Crippen molar-refractivity contribution in [3.05, 3.63) is 48.3 Å². The summed E-state index contributed by atoms with van der Waals surface area (Å²) < 4.78 is 0. The molecule has 2 nitrogen and oxygen atoms in total. The highest BCUT2D eigenvalue weighted by molar-refractivity contribution is 5.16. The number of nitrogens with zero attached hydrogens (tertiary/aromatic N) is 2.